The van der Waals surface area contributed by atoms with Crippen molar-refractivity contribution >= 4 is 18.0 Å². The van der Waals surface area contributed by atoms with E-state index in [0.29, 0.717) is 19.5 Å². The average Bonchev–Trinajstić information content (AvgIpc) is 2.42. The van der Waals surface area contributed by atoms with Crippen molar-refractivity contribution in [3.63, 3.8) is 0 Å². The molecule has 1 fully saturated rings. The Labute approximate surface area is 159 Å². The fourth-order valence-corrected chi connectivity index (χ4v) is 4.09. The van der Waals surface area contributed by atoms with E-state index in [1.165, 1.54) is 11.8 Å². The number of rotatable bonds is 7. The molecule has 1 amide bonds. The van der Waals surface area contributed by atoms with Crippen LogP contribution in [0.2, 0.25) is 0 Å². The van der Waals surface area contributed by atoms with Crippen LogP contribution in [0.25, 0.3) is 0 Å². The maximum Gasteiger partial charge on any atom is 0.306 e. The summed E-state index contributed by atoms with van der Waals surface area (Å²) in [7, 11) is 1.68. The number of nitrogens with zero attached hydrogens (tertiary/aromatic N) is 2. The second-order valence-electron chi connectivity index (χ2n) is 8.20. The van der Waals surface area contributed by atoms with Crippen molar-refractivity contribution in [2.75, 3.05) is 26.7 Å². The van der Waals surface area contributed by atoms with Gasteiger partial charge < -0.3 is 9.64 Å². The zero-order chi connectivity index (χ0) is 18.4. The number of hydrogen-bond acceptors (Lipinski definition) is 5. The highest BCUT2D eigenvalue weighted by Gasteiger charge is 2.41. The van der Waals surface area contributed by atoms with Gasteiger partial charge in [-0.05, 0) is 36.0 Å². The summed E-state index contributed by atoms with van der Waals surface area (Å²) in [5, 5.41) is 0. The van der Waals surface area contributed by atoms with Crippen LogP contribution in [0.5, 0.6) is 0 Å². The Morgan fingerprint density at radius 3 is 2.38 bits per heavy atom. The summed E-state index contributed by atoms with van der Waals surface area (Å²) in [4.78, 5) is 38.9. The van der Waals surface area contributed by atoms with E-state index < -0.39 is 0 Å². The fourth-order valence-electron chi connectivity index (χ4n) is 4.09. The smallest absolute Gasteiger partial charge is 0.306 e. The molecule has 0 spiro atoms. The summed E-state index contributed by atoms with van der Waals surface area (Å²) >= 11 is 0. The molecule has 0 aromatic carbocycles. The van der Waals surface area contributed by atoms with Crippen LogP contribution in [0.4, 0.5) is 0 Å². The first-order valence-corrected chi connectivity index (χ1v) is 8.48. The maximum atomic E-state index is 12.1. The summed E-state index contributed by atoms with van der Waals surface area (Å²) in [6.07, 6.45) is 4.77. The standard InChI is InChI=1S/C18H30N2O4.2CH4/c1-14(22)20(5)6-7-24-16(23)8-15-9-17(2,3)11-18(4,10-15)12-19-13-21;;/h15H,6-12H2,1-5H3;2*1H4. The average molecular weight is 371 g/mol. The van der Waals surface area contributed by atoms with Gasteiger partial charge in [0.15, 0.2) is 0 Å². The minimum absolute atomic E-state index is 0. The molecule has 0 heterocycles. The van der Waals surface area contributed by atoms with Crippen LogP contribution in [0.3, 0.4) is 0 Å². The third kappa shape index (κ3) is 9.14. The summed E-state index contributed by atoms with van der Waals surface area (Å²) in [5.74, 6) is -0.0545. The van der Waals surface area contributed by atoms with Crippen LogP contribution in [-0.4, -0.2) is 49.6 Å². The zero-order valence-corrected chi connectivity index (χ0v) is 15.6. The second-order valence-corrected chi connectivity index (χ2v) is 8.20. The van der Waals surface area contributed by atoms with E-state index in [1.54, 1.807) is 13.1 Å². The van der Waals surface area contributed by atoms with E-state index >= 15 is 0 Å². The van der Waals surface area contributed by atoms with Gasteiger partial charge in [-0.15, -0.1) is 0 Å². The highest BCUT2D eigenvalue weighted by atomic mass is 16.5. The summed E-state index contributed by atoms with van der Waals surface area (Å²) in [5.41, 5.74) is 0.0180. The number of aliphatic imine (C=N–C) groups is 1. The molecule has 2 atom stereocenters. The third-order valence-corrected chi connectivity index (χ3v) is 4.74. The number of carbonyl (C=O) groups is 2. The Kier molecular flexibility index (Phi) is 11.4. The Balaban J connectivity index is 0. The van der Waals surface area contributed by atoms with Gasteiger partial charge in [-0.3, -0.25) is 9.59 Å². The molecule has 0 N–H and O–H groups in total. The molecule has 0 aliphatic heterocycles. The number of isocyanates is 1. The predicted octanol–water partition coefficient (Wildman–Crippen LogP) is 3.84. The van der Waals surface area contributed by atoms with Crippen LogP contribution in [-0.2, 0) is 19.1 Å². The molecule has 0 saturated heterocycles. The van der Waals surface area contributed by atoms with Gasteiger partial charge in [-0.1, -0.05) is 35.6 Å². The first kappa shape index (κ1) is 26.5. The highest BCUT2D eigenvalue weighted by molar-refractivity contribution is 5.73. The van der Waals surface area contributed by atoms with Crippen LogP contribution < -0.4 is 0 Å². The lowest BCUT2D eigenvalue weighted by Gasteiger charge is -2.45. The van der Waals surface area contributed by atoms with Crippen molar-refractivity contribution < 1.29 is 19.1 Å². The van der Waals surface area contributed by atoms with Gasteiger partial charge in [0.05, 0.1) is 13.1 Å². The fraction of sp³-hybridized carbons (Fsp3) is 0.850. The molecule has 1 rings (SSSR count). The largest absolute Gasteiger partial charge is 0.464 e. The Hall–Kier alpha value is -1.68. The topological polar surface area (TPSA) is 76.0 Å². The predicted molar refractivity (Wildman–Crippen MR) is 105 cm³/mol. The number of ether oxygens (including phenoxy) is 1. The lowest BCUT2D eigenvalue weighted by atomic mass is 9.60. The molecule has 0 bridgehead atoms. The van der Waals surface area contributed by atoms with Gasteiger partial charge in [0.1, 0.15) is 6.61 Å². The lowest BCUT2D eigenvalue weighted by Crippen LogP contribution is -2.38. The molecule has 1 aliphatic carbocycles. The quantitative estimate of drug-likeness (QED) is 0.388. The van der Waals surface area contributed by atoms with Crippen LogP contribution >= 0.6 is 0 Å². The highest BCUT2D eigenvalue weighted by Crippen LogP contribution is 2.49. The first-order valence-electron chi connectivity index (χ1n) is 8.48. The van der Waals surface area contributed by atoms with Gasteiger partial charge in [0.2, 0.25) is 12.0 Å². The van der Waals surface area contributed by atoms with Crippen molar-refractivity contribution in [3.05, 3.63) is 0 Å². The van der Waals surface area contributed by atoms with E-state index in [9.17, 15) is 14.4 Å². The van der Waals surface area contributed by atoms with Gasteiger partial charge in [0, 0.05) is 20.4 Å². The van der Waals surface area contributed by atoms with E-state index in [0.717, 1.165) is 19.3 Å². The zero-order valence-electron chi connectivity index (χ0n) is 15.6. The lowest BCUT2D eigenvalue weighted by molar-refractivity contribution is -0.147. The summed E-state index contributed by atoms with van der Waals surface area (Å²) < 4.78 is 5.26. The van der Waals surface area contributed by atoms with Crippen molar-refractivity contribution in [2.45, 2.75) is 68.2 Å². The maximum absolute atomic E-state index is 12.1. The first-order chi connectivity index (χ1) is 11.1. The summed E-state index contributed by atoms with van der Waals surface area (Å²) in [6, 6.07) is 0. The molecule has 1 saturated carbocycles. The Morgan fingerprint density at radius 1 is 1.23 bits per heavy atom. The number of hydrogen-bond donors (Lipinski definition) is 0. The van der Waals surface area contributed by atoms with Crippen LogP contribution in [0.1, 0.15) is 68.2 Å². The molecule has 152 valence electrons. The van der Waals surface area contributed by atoms with E-state index in [2.05, 4.69) is 25.8 Å². The molecule has 0 aromatic rings. The van der Waals surface area contributed by atoms with Crippen LogP contribution in [0.15, 0.2) is 4.99 Å². The van der Waals surface area contributed by atoms with Gasteiger partial charge in [0.25, 0.3) is 0 Å². The van der Waals surface area contributed by atoms with Crippen LogP contribution in [0, 0.1) is 16.7 Å². The number of carbonyl (C=O) groups excluding carboxylic acids is 3. The molecule has 1 aliphatic rings. The molecule has 6 nitrogen and oxygen atoms in total. The van der Waals surface area contributed by atoms with Crippen molar-refractivity contribution in [1.82, 2.24) is 4.90 Å². The number of likely N-dealkylation sites (N-methyl/N-ethyl adjacent to an activating group) is 1. The minimum atomic E-state index is -0.226. The molecule has 2 unspecified atom stereocenters. The van der Waals surface area contributed by atoms with Crippen molar-refractivity contribution in [2.24, 2.45) is 21.7 Å². The van der Waals surface area contributed by atoms with Gasteiger partial charge >= 0.3 is 5.97 Å². The molecule has 26 heavy (non-hydrogen) atoms. The SMILES string of the molecule is C.C.CC(=O)N(C)CCOC(=O)CC1CC(C)(C)CC(C)(CN=C=O)C1. The Bertz CT molecular complexity index is 512. The van der Waals surface area contributed by atoms with Crippen molar-refractivity contribution in [1.29, 1.82) is 0 Å². The second kappa shape index (κ2) is 11.1. The van der Waals surface area contributed by atoms with Crippen molar-refractivity contribution in [3.8, 4) is 0 Å². The molecule has 0 aromatic heterocycles. The number of amides is 1. The molecular formula is C20H38N2O4. The summed E-state index contributed by atoms with van der Waals surface area (Å²) in [6.45, 7) is 9.06. The van der Waals surface area contributed by atoms with E-state index in [-0.39, 0.29) is 50.1 Å². The van der Waals surface area contributed by atoms with E-state index in [1.807, 2.05) is 0 Å². The monoisotopic (exact) mass is 370 g/mol. The molecular weight excluding hydrogens is 332 g/mol. The third-order valence-electron chi connectivity index (χ3n) is 4.74. The molecule has 6 heteroatoms. The molecule has 0 radical (unpaired) electrons. The van der Waals surface area contributed by atoms with Gasteiger partial charge in [-0.2, -0.15) is 0 Å². The normalized spacial score (nSPS) is 23.5. The number of esters is 1. The van der Waals surface area contributed by atoms with Gasteiger partial charge in [-0.25, -0.2) is 9.79 Å². The minimum Gasteiger partial charge on any atom is -0.464 e. The van der Waals surface area contributed by atoms with E-state index in [4.69, 9.17) is 4.74 Å². The Morgan fingerprint density at radius 2 is 1.85 bits per heavy atom.